The van der Waals surface area contributed by atoms with E-state index < -0.39 is 5.82 Å². The predicted molar refractivity (Wildman–Crippen MR) is 87.8 cm³/mol. The van der Waals surface area contributed by atoms with Crippen molar-refractivity contribution in [3.63, 3.8) is 0 Å². The van der Waals surface area contributed by atoms with E-state index in [-0.39, 0.29) is 5.91 Å². The first-order valence-corrected chi connectivity index (χ1v) is 7.65. The van der Waals surface area contributed by atoms with Crippen LogP contribution in [0.2, 0.25) is 0 Å². The van der Waals surface area contributed by atoms with Crippen molar-refractivity contribution in [3.05, 3.63) is 76.6 Å². The summed E-state index contributed by atoms with van der Waals surface area (Å²) in [5, 5.41) is 5.87. The molecule has 0 bridgehead atoms. The summed E-state index contributed by atoms with van der Waals surface area (Å²) in [6.07, 6.45) is 5.95. The molecule has 2 aromatic rings. The van der Waals surface area contributed by atoms with Gasteiger partial charge in [-0.1, -0.05) is 30.4 Å². The molecule has 1 aliphatic heterocycles. The Balaban J connectivity index is 1.59. The number of hydrogen-bond donors (Lipinski definition) is 0. The topological polar surface area (TPSA) is 32.7 Å². The largest absolute Gasteiger partial charge is 0.274 e. The van der Waals surface area contributed by atoms with Gasteiger partial charge >= 0.3 is 0 Å². The van der Waals surface area contributed by atoms with Crippen molar-refractivity contribution in [1.29, 1.82) is 0 Å². The SMILES string of the molecule is O=C(c1cccc(F)c1)N1CCC(c2ccc3c(c2)C=CC3)=N1. The molecule has 3 nitrogen and oxygen atoms in total. The van der Waals surface area contributed by atoms with E-state index in [9.17, 15) is 9.18 Å². The molecule has 23 heavy (non-hydrogen) atoms. The Morgan fingerprint density at radius 2 is 2.09 bits per heavy atom. The number of rotatable bonds is 2. The van der Waals surface area contributed by atoms with Crippen LogP contribution in [0, 0.1) is 5.82 Å². The van der Waals surface area contributed by atoms with Crippen molar-refractivity contribution in [1.82, 2.24) is 5.01 Å². The van der Waals surface area contributed by atoms with E-state index >= 15 is 0 Å². The van der Waals surface area contributed by atoms with Crippen LogP contribution >= 0.6 is 0 Å². The molecule has 0 radical (unpaired) electrons. The Kier molecular flexibility index (Phi) is 3.30. The number of halogens is 1. The number of benzene rings is 2. The lowest BCUT2D eigenvalue weighted by Crippen LogP contribution is -2.23. The maximum absolute atomic E-state index is 13.3. The Labute approximate surface area is 133 Å². The van der Waals surface area contributed by atoms with Crippen LogP contribution in [0.15, 0.2) is 53.6 Å². The summed E-state index contributed by atoms with van der Waals surface area (Å²) in [6, 6.07) is 12.0. The molecule has 4 heteroatoms. The van der Waals surface area contributed by atoms with Gasteiger partial charge in [0.15, 0.2) is 0 Å². The van der Waals surface area contributed by atoms with Gasteiger partial charge in [0.05, 0.1) is 12.3 Å². The van der Waals surface area contributed by atoms with Gasteiger partial charge < -0.3 is 0 Å². The third-order valence-electron chi connectivity index (χ3n) is 4.22. The van der Waals surface area contributed by atoms with Gasteiger partial charge in [-0.2, -0.15) is 5.10 Å². The number of fused-ring (bicyclic) bond motifs is 1. The monoisotopic (exact) mass is 306 g/mol. The molecular weight excluding hydrogens is 291 g/mol. The summed E-state index contributed by atoms with van der Waals surface area (Å²) in [7, 11) is 0. The fraction of sp³-hybridized carbons (Fsp3) is 0.158. The minimum atomic E-state index is -0.412. The first-order chi connectivity index (χ1) is 11.2. The third kappa shape index (κ3) is 2.57. The maximum atomic E-state index is 13.3. The lowest BCUT2D eigenvalue weighted by molar-refractivity contribution is 0.0778. The van der Waals surface area contributed by atoms with E-state index in [1.807, 2.05) is 0 Å². The number of hydrazone groups is 1. The van der Waals surface area contributed by atoms with E-state index in [2.05, 4.69) is 35.5 Å². The fourth-order valence-electron chi connectivity index (χ4n) is 3.01. The molecule has 0 unspecified atom stereocenters. The first kappa shape index (κ1) is 13.9. The second-order valence-corrected chi connectivity index (χ2v) is 5.76. The highest BCUT2D eigenvalue weighted by atomic mass is 19.1. The normalized spacial score (nSPS) is 15.7. The number of nitrogens with zero attached hydrogens (tertiary/aromatic N) is 2. The summed E-state index contributed by atoms with van der Waals surface area (Å²) < 4.78 is 13.3. The smallest absolute Gasteiger partial charge is 0.267 e. The molecule has 0 saturated carbocycles. The summed E-state index contributed by atoms with van der Waals surface area (Å²) in [5.41, 5.74) is 4.81. The van der Waals surface area contributed by atoms with Crippen LogP contribution in [0.3, 0.4) is 0 Å². The van der Waals surface area contributed by atoms with Crippen LogP contribution in [-0.4, -0.2) is 23.2 Å². The summed E-state index contributed by atoms with van der Waals surface area (Å²) in [6.45, 7) is 0.525. The highest BCUT2D eigenvalue weighted by Crippen LogP contribution is 2.23. The third-order valence-corrected chi connectivity index (χ3v) is 4.22. The molecule has 2 aliphatic rings. The molecule has 1 amide bonds. The summed E-state index contributed by atoms with van der Waals surface area (Å²) in [5.74, 6) is -0.676. The Bertz CT molecular complexity index is 854. The van der Waals surface area contributed by atoms with E-state index in [4.69, 9.17) is 0 Å². The molecule has 0 atom stereocenters. The molecule has 114 valence electrons. The minimum absolute atomic E-state index is 0.263. The van der Waals surface area contributed by atoms with Crippen molar-refractivity contribution >= 4 is 17.7 Å². The van der Waals surface area contributed by atoms with Gasteiger partial charge in [0.2, 0.25) is 0 Å². The van der Waals surface area contributed by atoms with E-state index in [0.717, 1.165) is 17.7 Å². The zero-order valence-corrected chi connectivity index (χ0v) is 12.5. The fourth-order valence-corrected chi connectivity index (χ4v) is 3.01. The van der Waals surface area contributed by atoms with Crippen LogP contribution < -0.4 is 0 Å². The lowest BCUT2D eigenvalue weighted by Gasteiger charge is -2.11. The number of hydrogen-bond acceptors (Lipinski definition) is 2. The van der Waals surface area contributed by atoms with Crippen molar-refractivity contribution in [3.8, 4) is 0 Å². The van der Waals surface area contributed by atoms with Gasteiger partial charge in [0.25, 0.3) is 5.91 Å². The maximum Gasteiger partial charge on any atom is 0.274 e. The molecule has 1 aliphatic carbocycles. The van der Waals surface area contributed by atoms with Crippen molar-refractivity contribution in [2.75, 3.05) is 6.54 Å². The average molecular weight is 306 g/mol. The van der Waals surface area contributed by atoms with E-state index in [0.29, 0.717) is 18.5 Å². The molecule has 0 saturated heterocycles. The Morgan fingerprint density at radius 1 is 1.17 bits per heavy atom. The number of carbonyl (C=O) groups is 1. The number of carbonyl (C=O) groups excluding carboxylic acids is 1. The van der Waals surface area contributed by atoms with Gasteiger partial charge in [-0.05, 0) is 47.4 Å². The van der Waals surface area contributed by atoms with E-state index in [1.165, 1.54) is 34.3 Å². The minimum Gasteiger partial charge on any atom is -0.267 e. The quantitative estimate of drug-likeness (QED) is 0.833. The number of amides is 1. The second-order valence-electron chi connectivity index (χ2n) is 5.76. The molecular formula is C19H15FN2O. The summed E-state index contributed by atoms with van der Waals surface area (Å²) in [4.78, 5) is 12.4. The molecule has 4 rings (SSSR count). The van der Waals surface area contributed by atoms with Crippen molar-refractivity contribution in [2.45, 2.75) is 12.8 Å². The second kappa shape index (κ2) is 5.47. The van der Waals surface area contributed by atoms with Crippen LogP contribution in [0.4, 0.5) is 4.39 Å². The van der Waals surface area contributed by atoms with Gasteiger partial charge in [0.1, 0.15) is 5.82 Å². The van der Waals surface area contributed by atoms with Gasteiger partial charge in [-0.15, -0.1) is 0 Å². The van der Waals surface area contributed by atoms with Crippen LogP contribution in [0.5, 0.6) is 0 Å². The Morgan fingerprint density at radius 3 is 2.96 bits per heavy atom. The molecule has 2 aromatic carbocycles. The molecule has 0 spiro atoms. The molecule has 0 fully saturated rings. The standard InChI is InChI=1S/C19H15FN2O/c20-17-6-2-5-16(12-17)19(23)22-10-9-18(21-22)15-8-7-13-3-1-4-14(13)11-15/h1-2,4-8,11-12H,3,9-10H2. The lowest BCUT2D eigenvalue weighted by atomic mass is 10.0. The molecule has 1 heterocycles. The molecule has 0 N–H and O–H groups in total. The van der Waals surface area contributed by atoms with Gasteiger partial charge in [0, 0.05) is 12.0 Å². The van der Waals surface area contributed by atoms with Crippen LogP contribution in [0.25, 0.3) is 6.08 Å². The van der Waals surface area contributed by atoms with E-state index in [1.54, 1.807) is 6.07 Å². The van der Waals surface area contributed by atoms with Crippen LogP contribution in [-0.2, 0) is 6.42 Å². The average Bonchev–Trinajstić information content (AvgIpc) is 3.22. The van der Waals surface area contributed by atoms with Crippen molar-refractivity contribution < 1.29 is 9.18 Å². The Hall–Kier alpha value is -2.75. The molecule has 0 aromatic heterocycles. The van der Waals surface area contributed by atoms with Crippen molar-refractivity contribution in [2.24, 2.45) is 5.10 Å². The predicted octanol–water partition coefficient (Wildman–Crippen LogP) is 3.65. The summed E-state index contributed by atoms with van der Waals surface area (Å²) >= 11 is 0. The highest BCUT2D eigenvalue weighted by Gasteiger charge is 2.23. The van der Waals surface area contributed by atoms with Gasteiger partial charge in [-0.25, -0.2) is 9.40 Å². The van der Waals surface area contributed by atoms with Crippen LogP contribution in [0.1, 0.15) is 33.5 Å². The zero-order chi connectivity index (χ0) is 15.8. The first-order valence-electron chi connectivity index (χ1n) is 7.65. The van der Waals surface area contributed by atoms with Gasteiger partial charge in [-0.3, -0.25) is 4.79 Å². The zero-order valence-electron chi connectivity index (χ0n) is 12.5. The highest BCUT2D eigenvalue weighted by molar-refractivity contribution is 6.04. The number of allylic oxidation sites excluding steroid dienone is 1.